The summed E-state index contributed by atoms with van der Waals surface area (Å²) in [6, 6.07) is 0. The second-order valence-corrected chi connectivity index (χ2v) is 8.31. The van der Waals surface area contributed by atoms with Crippen molar-refractivity contribution in [1.82, 2.24) is 10.2 Å². The van der Waals surface area contributed by atoms with Crippen molar-refractivity contribution < 1.29 is 9.59 Å². The lowest BCUT2D eigenvalue weighted by Crippen LogP contribution is -2.45. The molecule has 23 heavy (non-hydrogen) atoms. The fourth-order valence-corrected chi connectivity index (χ4v) is 3.97. The molecule has 0 spiro atoms. The maximum atomic E-state index is 12.7. The lowest BCUT2D eigenvalue weighted by Gasteiger charge is -2.34. The highest BCUT2D eigenvalue weighted by atomic mass is 16.2. The zero-order valence-electron chi connectivity index (χ0n) is 15.2. The molecule has 1 heterocycles. The largest absolute Gasteiger partial charge is 0.355 e. The number of nitrogens with zero attached hydrogens (tertiary/aromatic N) is 1. The molecule has 0 radical (unpaired) electrons. The van der Waals surface area contributed by atoms with Crippen LogP contribution >= 0.6 is 0 Å². The van der Waals surface area contributed by atoms with Gasteiger partial charge in [-0.3, -0.25) is 9.59 Å². The van der Waals surface area contributed by atoms with Crippen LogP contribution in [0.1, 0.15) is 65.7 Å². The quantitative estimate of drug-likeness (QED) is 0.846. The van der Waals surface area contributed by atoms with Gasteiger partial charge in [-0.2, -0.15) is 0 Å². The van der Waals surface area contributed by atoms with Gasteiger partial charge >= 0.3 is 0 Å². The molecule has 0 aromatic rings. The molecular formula is C19H34N2O2. The van der Waals surface area contributed by atoms with Crippen LogP contribution in [0, 0.1) is 17.3 Å². The third-order valence-electron chi connectivity index (χ3n) is 5.35. The number of amides is 1. The minimum atomic E-state index is -0.353. The van der Waals surface area contributed by atoms with Gasteiger partial charge < -0.3 is 10.2 Å². The molecule has 1 unspecified atom stereocenters. The smallest absolute Gasteiger partial charge is 0.223 e. The Morgan fingerprint density at radius 3 is 2.17 bits per heavy atom. The second-order valence-electron chi connectivity index (χ2n) is 8.31. The highest BCUT2D eigenvalue weighted by molar-refractivity contribution is 5.91. The van der Waals surface area contributed by atoms with Crippen molar-refractivity contribution in [1.29, 1.82) is 0 Å². The van der Waals surface area contributed by atoms with E-state index in [0.29, 0.717) is 6.54 Å². The topological polar surface area (TPSA) is 49.4 Å². The molecule has 2 fully saturated rings. The van der Waals surface area contributed by atoms with Gasteiger partial charge in [-0.25, -0.2) is 0 Å². The molecule has 1 saturated heterocycles. The molecule has 1 amide bonds. The van der Waals surface area contributed by atoms with Crippen LogP contribution < -0.4 is 5.32 Å². The molecule has 2 aliphatic rings. The number of nitrogens with one attached hydrogen (secondary N) is 1. The SMILES string of the molecule is CC(C)(C)C(=O)C1CCCC[C@@H]1C(=O)NCCN1CCCCC1. The Kier molecular flexibility index (Phi) is 6.63. The monoisotopic (exact) mass is 322 g/mol. The minimum Gasteiger partial charge on any atom is -0.355 e. The van der Waals surface area contributed by atoms with Gasteiger partial charge in [0.25, 0.3) is 0 Å². The molecule has 1 aliphatic heterocycles. The minimum absolute atomic E-state index is 0.0845. The molecule has 2 atom stereocenters. The van der Waals surface area contributed by atoms with E-state index in [2.05, 4.69) is 10.2 Å². The molecule has 2 rings (SSSR count). The predicted molar refractivity (Wildman–Crippen MR) is 93.2 cm³/mol. The number of ketones is 1. The highest BCUT2D eigenvalue weighted by Gasteiger charge is 2.39. The van der Waals surface area contributed by atoms with Gasteiger partial charge in [-0.05, 0) is 38.8 Å². The summed E-state index contributed by atoms with van der Waals surface area (Å²) in [5, 5.41) is 3.10. The van der Waals surface area contributed by atoms with Crippen molar-refractivity contribution in [2.75, 3.05) is 26.2 Å². The van der Waals surface area contributed by atoms with Crippen LogP contribution in [0.4, 0.5) is 0 Å². The lowest BCUT2D eigenvalue weighted by molar-refractivity contribution is -0.139. The molecule has 4 nitrogen and oxygen atoms in total. The molecule has 0 aromatic carbocycles. The van der Waals surface area contributed by atoms with E-state index >= 15 is 0 Å². The number of likely N-dealkylation sites (tertiary alicyclic amines) is 1. The van der Waals surface area contributed by atoms with Gasteiger partial charge in [-0.15, -0.1) is 0 Å². The summed E-state index contributed by atoms with van der Waals surface area (Å²) in [6.07, 6.45) is 7.77. The van der Waals surface area contributed by atoms with E-state index in [4.69, 9.17) is 0 Å². The predicted octanol–water partition coefficient (Wildman–Crippen LogP) is 3.01. The molecule has 1 aliphatic carbocycles. The van der Waals surface area contributed by atoms with Gasteiger partial charge in [0.05, 0.1) is 0 Å². The first kappa shape index (κ1) is 18.4. The van der Waals surface area contributed by atoms with Crippen LogP contribution in [-0.2, 0) is 9.59 Å². The zero-order valence-corrected chi connectivity index (χ0v) is 15.2. The van der Waals surface area contributed by atoms with Gasteiger partial charge in [0.2, 0.25) is 5.91 Å². The second kappa shape index (κ2) is 8.27. The van der Waals surface area contributed by atoms with Gasteiger partial charge in [0, 0.05) is 30.3 Å². The van der Waals surface area contributed by atoms with Crippen LogP contribution in [0.2, 0.25) is 0 Å². The van der Waals surface area contributed by atoms with E-state index in [1.54, 1.807) is 0 Å². The Bertz CT molecular complexity index is 408. The summed E-state index contributed by atoms with van der Waals surface area (Å²) in [4.78, 5) is 27.7. The molecule has 0 bridgehead atoms. The standard InChI is InChI=1S/C19H34N2O2/c1-19(2,3)17(22)15-9-5-6-10-16(15)18(23)20-11-14-21-12-7-4-8-13-21/h15-16H,4-14H2,1-3H3,(H,20,23)/t15?,16-/m0/s1. The number of hydrogen-bond donors (Lipinski definition) is 1. The Hall–Kier alpha value is -0.900. The number of piperidine rings is 1. The van der Waals surface area contributed by atoms with Crippen molar-refractivity contribution in [2.45, 2.75) is 65.7 Å². The maximum Gasteiger partial charge on any atom is 0.223 e. The molecule has 1 N–H and O–H groups in total. The number of hydrogen-bond acceptors (Lipinski definition) is 3. The Morgan fingerprint density at radius 2 is 1.57 bits per heavy atom. The number of rotatable bonds is 5. The van der Waals surface area contributed by atoms with Gasteiger partial charge in [0.1, 0.15) is 5.78 Å². The first-order chi connectivity index (χ1) is 10.9. The van der Waals surface area contributed by atoms with E-state index in [0.717, 1.165) is 45.3 Å². The van der Waals surface area contributed by atoms with Gasteiger partial charge in [-0.1, -0.05) is 40.0 Å². The van der Waals surface area contributed by atoms with Crippen LogP contribution in [-0.4, -0.2) is 42.8 Å². The lowest BCUT2D eigenvalue weighted by atomic mass is 9.70. The Balaban J connectivity index is 1.84. The molecule has 1 saturated carbocycles. The van der Waals surface area contributed by atoms with Crippen molar-refractivity contribution in [3.8, 4) is 0 Å². The fourth-order valence-electron chi connectivity index (χ4n) is 3.97. The number of carbonyl (C=O) groups excluding carboxylic acids is 2. The van der Waals surface area contributed by atoms with Crippen molar-refractivity contribution in [3.63, 3.8) is 0 Å². The van der Waals surface area contributed by atoms with E-state index in [-0.39, 0.29) is 28.9 Å². The first-order valence-corrected chi connectivity index (χ1v) is 9.44. The summed E-state index contributed by atoms with van der Waals surface area (Å²) in [5.74, 6) is 0.160. The van der Waals surface area contributed by atoms with E-state index in [9.17, 15) is 9.59 Å². The van der Waals surface area contributed by atoms with E-state index in [1.165, 1.54) is 19.3 Å². The number of Topliss-reactive ketones (excluding diaryl/α,β-unsaturated/α-hetero) is 1. The third-order valence-corrected chi connectivity index (χ3v) is 5.35. The van der Waals surface area contributed by atoms with Crippen molar-refractivity contribution >= 4 is 11.7 Å². The first-order valence-electron chi connectivity index (χ1n) is 9.44. The number of carbonyl (C=O) groups is 2. The van der Waals surface area contributed by atoms with Crippen LogP contribution in [0.3, 0.4) is 0 Å². The average molecular weight is 322 g/mol. The van der Waals surface area contributed by atoms with Crippen molar-refractivity contribution in [3.05, 3.63) is 0 Å². The van der Waals surface area contributed by atoms with Crippen molar-refractivity contribution in [2.24, 2.45) is 17.3 Å². The average Bonchev–Trinajstić information content (AvgIpc) is 2.54. The Morgan fingerprint density at radius 1 is 0.957 bits per heavy atom. The van der Waals surface area contributed by atoms with Crippen LogP contribution in [0.25, 0.3) is 0 Å². The molecule has 0 aromatic heterocycles. The van der Waals surface area contributed by atoms with Gasteiger partial charge in [0.15, 0.2) is 0 Å². The van der Waals surface area contributed by atoms with Crippen LogP contribution in [0.15, 0.2) is 0 Å². The molecule has 4 heteroatoms. The normalized spacial score (nSPS) is 26.7. The summed E-state index contributed by atoms with van der Waals surface area (Å²) in [5.41, 5.74) is -0.353. The molecular weight excluding hydrogens is 288 g/mol. The van der Waals surface area contributed by atoms with E-state index in [1.807, 2.05) is 20.8 Å². The summed E-state index contributed by atoms with van der Waals surface area (Å²) in [6.45, 7) is 9.87. The summed E-state index contributed by atoms with van der Waals surface area (Å²) in [7, 11) is 0. The zero-order chi connectivity index (χ0) is 16.9. The Labute approximate surface area is 141 Å². The fraction of sp³-hybridized carbons (Fsp3) is 0.895. The van der Waals surface area contributed by atoms with Crippen LogP contribution in [0.5, 0.6) is 0 Å². The summed E-state index contributed by atoms with van der Waals surface area (Å²) >= 11 is 0. The third kappa shape index (κ3) is 5.30. The van der Waals surface area contributed by atoms with E-state index < -0.39 is 0 Å². The summed E-state index contributed by atoms with van der Waals surface area (Å²) < 4.78 is 0. The maximum absolute atomic E-state index is 12.7. The molecule has 132 valence electrons. The highest BCUT2D eigenvalue weighted by Crippen LogP contribution is 2.35.